The van der Waals surface area contributed by atoms with Gasteiger partial charge in [0.2, 0.25) is 0 Å². The summed E-state index contributed by atoms with van der Waals surface area (Å²) in [7, 11) is 0. The molecule has 19 heavy (non-hydrogen) atoms. The van der Waals surface area contributed by atoms with Gasteiger partial charge in [0.05, 0.1) is 0 Å². The summed E-state index contributed by atoms with van der Waals surface area (Å²) >= 11 is 0. The quantitative estimate of drug-likeness (QED) is 0.819. The summed E-state index contributed by atoms with van der Waals surface area (Å²) in [6, 6.07) is 0. The minimum atomic E-state index is -0.341. The van der Waals surface area contributed by atoms with Gasteiger partial charge in [-0.05, 0) is 20.8 Å². The van der Waals surface area contributed by atoms with Crippen molar-refractivity contribution in [2.45, 2.75) is 40.4 Å². The van der Waals surface area contributed by atoms with E-state index >= 15 is 0 Å². The zero-order valence-corrected chi connectivity index (χ0v) is 11.5. The van der Waals surface area contributed by atoms with E-state index in [0.29, 0.717) is 24.3 Å². The van der Waals surface area contributed by atoms with Crippen LogP contribution >= 0.6 is 0 Å². The zero-order valence-electron chi connectivity index (χ0n) is 11.5. The van der Waals surface area contributed by atoms with Crippen molar-refractivity contribution >= 4 is 11.2 Å². The number of hydrogen-bond donors (Lipinski definition) is 1. The van der Waals surface area contributed by atoms with Crippen LogP contribution in [0.25, 0.3) is 11.2 Å². The lowest BCUT2D eigenvalue weighted by Gasteiger charge is -2.09. The molecule has 2 heterocycles. The van der Waals surface area contributed by atoms with Crippen molar-refractivity contribution in [3.8, 4) is 0 Å². The maximum absolute atomic E-state index is 12.4. The van der Waals surface area contributed by atoms with E-state index in [2.05, 4.69) is 4.98 Å². The second-order valence-corrected chi connectivity index (χ2v) is 4.35. The Kier molecular flexibility index (Phi) is 3.57. The second kappa shape index (κ2) is 5.00. The van der Waals surface area contributed by atoms with Crippen LogP contribution in [0.2, 0.25) is 0 Å². The molecule has 0 spiro atoms. The number of aryl methyl sites for hydroxylation is 3. The normalized spacial score (nSPS) is 11.4. The van der Waals surface area contributed by atoms with Gasteiger partial charge in [0.25, 0.3) is 5.56 Å². The second-order valence-electron chi connectivity index (χ2n) is 4.35. The fraction of sp³-hybridized carbons (Fsp3) is 0.583. The highest BCUT2D eigenvalue weighted by atomic mass is 16.2. The van der Waals surface area contributed by atoms with Gasteiger partial charge in [0.15, 0.2) is 11.2 Å². The van der Waals surface area contributed by atoms with Crippen LogP contribution in [0.1, 0.15) is 19.7 Å². The van der Waals surface area contributed by atoms with Crippen LogP contribution in [0.5, 0.6) is 0 Å². The van der Waals surface area contributed by atoms with E-state index in [1.165, 1.54) is 9.13 Å². The first-order valence-electron chi connectivity index (χ1n) is 6.47. The predicted molar refractivity (Wildman–Crippen MR) is 73.4 cm³/mol. The Morgan fingerprint density at radius 3 is 2.26 bits per heavy atom. The van der Waals surface area contributed by atoms with Gasteiger partial charge in [0, 0.05) is 26.2 Å². The third-order valence-electron chi connectivity index (χ3n) is 3.29. The van der Waals surface area contributed by atoms with E-state index in [1.54, 1.807) is 0 Å². The molecular weight excluding hydrogens is 246 g/mol. The van der Waals surface area contributed by atoms with Gasteiger partial charge in [-0.2, -0.15) is 0 Å². The zero-order chi connectivity index (χ0) is 14.2. The fourth-order valence-electron chi connectivity index (χ4n) is 2.40. The van der Waals surface area contributed by atoms with Crippen LogP contribution in [-0.4, -0.2) is 25.2 Å². The van der Waals surface area contributed by atoms with E-state index in [0.717, 1.165) is 5.82 Å². The molecule has 2 aromatic heterocycles. The van der Waals surface area contributed by atoms with Crippen molar-refractivity contribution in [2.75, 3.05) is 6.54 Å². The maximum Gasteiger partial charge on any atom is 0.332 e. The molecule has 0 fully saturated rings. The molecule has 0 amide bonds. The summed E-state index contributed by atoms with van der Waals surface area (Å²) in [6.45, 7) is 7.23. The van der Waals surface area contributed by atoms with Gasteiger partial charge >= 0.3 is 5.69 Å². The Labute approximate surface area is 110 Å². The molecule has 0 aliphatic rings. The molecule has 2 N–H and O–H groups in total. The molecule has 104 valence electrons. The van der Waals surface area contributed by atoms with Gasteiger partial charge in [-0.3, -0.25) is 13.9 Å². The summed E-state index contributed by atoms with van der Waals surface area (Å²) in [6.07, 6.45) is 0. The van der Waals surface area contributed by atoms with Gasteiger partial charge < -0.3 is 10.3 Å². The van der Waals surface area contributed by atoms with Crippen molar-refractivity contribution in [1.29, 1.82) is 0 Å². The predicted octanol–water partition coefficient (Wildman–Crippen LogP) is -0.333. The average molecular weight is 265 g/mol. The smallest absolute Gasteiger partial charge is 0.329 e. The number of hydrogen-bond acceptors (Lipinski definition) is 4. The molecule has 7 heteroatoms. The third kappa shape index (κ3) is 1.90. The molecule has 2 aromatic rings. The SMILES string of the molecule is CCn1c(C)nc2c1c(=O)n(CCN)c(=O)n2CC. The number of imidazole rings is 1. The molecule has 0 atom stereocenters. The minimum absolute atomic E-state index is 0.224. The maximum atomic E-state index is 12.4. The number of rotatable bonds is 4. The Morgan fingerprint density at radius 2 is 1.74 bits per heavy atom. The number of nitrogens with two attached hydrogens (primary N) is 1. The molecule has 0 aliphatic carbocycles. The minimum Gasteiger partial charge on any atom is -0.329 e. The summed E-state index contributed by atoms with van der Waals surface area (Å²) in [5, 5.41) is 0. The number of fused-ring (bicyclic) bond motifs is 1. The first kappa shape index (κ1) is 13.5. The highest BCUT2D eigenvalue weighted by Gasteiger charge is 2.18. The average Bonchev–Trinajstić information content (AvgIpc) is 2.71. The van der Waals surface area contributed by atoms with Gasteiger partial charge in [-0.25, -0.2) is 9.78 Å². The van der Waals surface area contributed by atoms with E-state index in [-0.39, 0.29) is 24.3 Å². The van der Waals surface area contributed by atoms with Gasteiger partial charge in [-0.15, -0.1) is 0 Å². The van der Waals surface area contributed by atoms with E-state index in [4.69, 9.17) is 5.73 Å². The molecule has 0 saturated heterocycles. The molecule has 0 aliphatic heterocycles. The molecular formula is C12H19N5O2. The van der Waals surface area contributed by atoms with Gasteiger partial charge in [-0.1, -0.05) is 0 Å². The Bertz CT molecular complexity index is 722. The monoisotopic (exact) mass is 265 g/mol. The Balaban J connectivity index is 3.01. The molecule has 0 aromatic carbocycles. The summed E-state index contributed by atoms with van der Waals surface area (Å²) in [5.41, 5.74) is 5.77. The number of aromatic nitrogens is 4. The standard InChI is InChI=1S/C12H19N5O2/c1-4-15-8(3)14-10-9(15)11(18)17(7-6-13)12(19)16(10)5-2/h4-7,13H2,1-3H3. The van der Waals surface area contributed by atoms with Crippen LogP contribution in [-0.2, 0) is 19.6 Å². The molecule has 0 bridgehead atoms. The Hall–Kier alpha value is -1.89. The van der Waals surface area contributed by atoms with E-state index in [1.807, 2.05) is 25.3 Å². The molecule has 2 rings (SSSR count). The summed E-state index contributed by atoms with van der Waals surface area (Å²) in [4.78, 5) is 29.0. The highest BCUT2D eigenvalue weighted by molar-refractivity contribution is 5.71. The topological polar surface area (TPSA) is 87.8 Å². The first-order valence-corrected chi connectivity index (χ1v) is 6.47. The summed E-state index contributed by atoms with van der Waals surface area (Å²) in [5.74, 6) is 0.738. The molecule has 7 nitrogen and oxygen atoms in total. The van der Waals surface area contributed by atoms with Crippen molar-refractivity contribution in [1.82, 2.24) is 18.7 Å². The van der Waals surface area contributed by atoms with Crippen LogP contribution in [0.3, 0.4) is 0 Å². The van der Waals surface area contributed by atoms with Crippen molar-refractivity contribution < 1.29 is 0 Å². The van der Waals surface area contributed by atoms with Crippen molar-refractivity contribution in [3.05, 3.63) is 26.7 Å². The van der Waals surface area contributed by atoms with Crippen molar-refractivity contribution in [3.63, 3.8) is 0 Å². The molecule has 0 saturated carbocycles. The number of nitrogens with zero attached hydrogens (tertiary/aromatic N) is 4. The van der Waals surface area contributed by atoms with Crippen LogP contribution in [0.4, 0.5) is 0 Å². The van der Waals surface area contributed by atoms with Crippen LogP contribution < -0.4 is 17.0 Å². The lowest BCUT2D eigenvalue weighted by molar-refractivity contribution is 0.584. The van der Waals surface area contributed by atoms with Crippen molar-refractivity contribution in [2.24, 2.45) is 5.73 Å². The molecule has 0 radical (unpaired) electrons. The van der Waals surface area contributed by atoms with E-state index < -0.39 is 0 Å². The highest BCUT2D eigenvalue weighted by Crippen LogP contribution is 2.10. The Morgan fingerprint density at radius 1 is 1.11 bits per heavy atom. The lowest BCUT2D eigenvalue weighted by atomic mass is 10.4. The van der Waals surface area contributed by atoms with Gasteiger partial charge in [0.1, 0.15) is 5.82 Å². The third-order valence-corrected chi connectivity index (χ3v) is 3.29. The van der Waals surface area contributed by atoms with E-state index in [9.17, 15) is 9.59 Å². The first-order chi connectivity index (χ1) is 9.06. The summed E-state index contributed by atoms with van der Waals surface area (Å²) < 4.78 is 4.54. The fourth-order valence-corrected chi connectivity index (χ4v) is 2.40. The van der Waals surface area contributed by atoms with Crippen LogP contribution in [0.15, 0.2) is 9.59 Å². The molecule has 0 unspecified atom stereocenters. The lowest BCUT2D eigenvalue weighted by Crippen LogP contribution is -2.41. The van der Waals surface area contributed by atoms with Crippen LogP contribution in [0, 0.1) is 6.92 Å². The largest absolute Gasteiger partial charge is 0.332 e.